The lowest BCUT2D eigenvalue weighted by molar-refractivity contribution is -0.135. The molecule has 7 nitrogen and oxygen atoms in total. The van der Waals surface area contributed by atoms with Gasteiger partial charge in [0.2, 0.25) is 11.8 Å². The maximum absolute atomic E-state index is 12.6. The molecule has 0 saturated carbocycles. The van der Waals surface area contributed by atoms with Gasteiger partial charge in [0, 0.05) is 6.42 Å². The van der Waals surface area contributed by atoms with Gasteiger partial charge >= 0.3 is 0 Å². The van der Waals surface area contributed by atoms with Crippen molar-refractivity contribution < 1.29 is 18.8 Å². The Hall–Kier alpha value is -2.77. The number of carbonyl (C=O) groups excluding carboxylic acids is 2. The molecule has 1 aliphatic heterocycles. The molecule has 0 radical (unpaired) electrons. The Labute approximate surface area is 177 Å². The zero-order valence-corrected chi connectivity index (χ0v) is 16.9. The predicted octanol–water partition coefficient (Wildman–Crippen LogP) is 3.56. The van der Waals surface area contributed by atoms with E-state index in [9.17, 15) is 9.59 Å². The molecule has 1 fully saturated rings. The summed E-state index contributed by atoms with van der Waals surface area (Å²) in [4.78, 5) is 31.5. The number of halogens is 2. The highest BCUT2D eigenvalue weighted by molar-refractivity contribution is 6.42. The molecule has 2 aromatic rings. The summed E-state index contributed by atoms with van der Waals surface area (Å²) < 4.78 is 5.20. The zero-order valence-electron chi connectivity index (χ0n) is 15.4. The monoisotopic (exact) mass is 435 g/mol. The summed E-state index contributed by atoms with van der Waals surface area (Å²) in [5, 5.41) is 7.75. The molecule has 1 saturated heterocycles. The topological polar surface area (TPSA) is 84.1 Å². The Balaban J connectivity index is 1.61. The molecule has 0 bridgehead atoms. The molecule has 0 aliphatic carbocycles. The first-order valence-corrected chi connectivity index (χ1v) is 9.58. The van der Waals surface area contributed by atoms with Crippen LogP contribution in [0.1, 0.15) is 17.7 Å². The quantitative estimate of drug-likeness (QED) is 0.532. The van der Waals surface area contributed by atoms with Gasteiger partial charge in [-0.15, -0.1) is 0 Å². The number of furan rings is 1. The molecule has 29 heavy (non-hydrogen) atoms. The minimum atomic E-state index is -0.692. The number of benzene rings is 1. The molecule has 152 valence electrons. The van der Waals surface area contributed by atoms with E-state index in [1.807, 2.05) is 0 Å². The Bertz CT molecular complexity index is 928. The Morgan fingerprint density at radius 3 is 2.86 bits per heavy atom. The van der Waals surface area contributed by atoms with Crippen molar-refractivity contribution in [2.75, 3.05) is 6.54 Å². The lowest BCUT2D eigenvalue weighted by Gasteiger charge is -2.21. The second kappa shape index (κ2) is 9.62. The van der Waals surface area contributed by atoms with Gasteiger partial charge in [-0.2, -0.15) is 0 Å². The molecular weight excluding hydrogens is 417 g/mol. The van der Waals surface area contributed by atoms with E-state index in [0.29, 0.717) is 21.5 Å². The van der Waals surface area contributed by atoms with E-state index in [4.69, 9.17) is 32.5 Å². The van der Waals surface area contributed by atoms with Crippen LogP contribution in [0.2, 0.25) is 10.0 Å². The Kier molecular flexibility index (Phi) is 6.95. The summed E-state index contributed by atoms with van der Waals surface area (Å²) in [5.41, 5.74) is 1.38. The second-order valence-corrected chi connectivity index (χ2v) is 7.18. The molecule has 1 N–H and O–H groups in total. The summed E-state index contributed by atoms with van der Waals surface area (Å²) in [6.07, 6.45) is 2.97. The van der Waals surface area contributed by atoms with E-state index < -0.39 is 6.04 Å². The molecule has 2 heterocycles. The number of nitrogens with zero attached hydrogens (tertiary/aromatic N) is 2. The van der Waals surface area contributed by atoms with Crippen LogP contribution in [0.5, 0.6) is 0 Å². The summed E-state index contributed by atoms with van der Waals surface area (Å²) in [7, 11) is 0. The first-order valence-electron chi connectivity index (χ1n) is 8.82. The fraction of sp³-hybridized carbons (Fsp3) is 0.250. The molecule has 9 heteroatoms. The lowest BCUT2D eigenvalue weighted by Crippen LogP contribution is -2.45. The number of hydrogen-bond acceptors (Lipinski definition) is 5. The van der Waals surface area contributed by atoms with Crippen molar-refractivity contribution in [3.8, 4) is 0 Å². The van der Waals surface area contributed by atoms with Gasteiger partial charge in [0.25, 0.3) is 0 Å². The maximum Gasteiger partial charge on any atom is 0.246 e. The van der Waals surface area contributed by atoms with E-state index in [0.717, 1.165) is 5.56 Å². The van der Waals surface area contributed by atoms with Crippen LogP contribution in [-0.4, -0.2) is 35.0 Å². The number of nitrogens with one attached hydrogen (secondary N) is 1. The van der Waals surface area contributed by atoms with Gasteiger partial charge in [0.05, 0.1) is 35.1 Å². The molecule has 1 atom stereocenters. The van der Waals surface area contributed by atoms with E-state index in [2.05, 4.69) is 17.1 Å². The number of hydrogen-bond donors (Lipinski definition) is 1. The molecule has 3 rings (SSSR count). The Morgan fingerprint density at radius 1 is 1.34 bits per heavy atom. The van der Waals surface area contributed by atoms with Crippen LogP contribution in [0.4, 0.5) is 0 Å². The van der Waals surface area contributed by atoms with Crippen molar-refractivity contribution in [3.05, 3.63) is 70.6 Å². The lowest BCUT2D eigenvalue weighted by atomic mass is 10.2. The fourth-order valence-corrected chi connectivity index (χ4v) is 3.21. The van der Waals surface area contributed by atoms with Gasteiger partial charge < -0.3 is 19.5 Å². The van der Waals surface area contributed by atoms with Crippen LogP contribution in [0.15, 0.2) is 58.8 Å². The molecule has 1 aliphatic rings. The predicted molar refractivity (Wildman–Crippen MR) is 110 cm³/mol. The number of likely N-dealkylation sites (tertiary alicyclic amines) is 1. The van der Waals surface area contributed by atoms with Gasteiger partial charge in [-0.25, -0.2) is 0 Å². The molecular formula is C20H19Cl2N3O4. The normalized spacial score (nSPS) is 17.4. The van der Waals surface area contributed by atoms with Crippen LogP contribution in [-0.2, 0) is 27.6 Å². The number of rotatable bonds is 7. The smallest absolute Gasteiger partial charge is 0.246 e. The minimum absolute atomic E-state index is 0.186. The van der Waals surface area contributed by atoms with Crippen LogP contribution >= 0.6 is 23.2 Å². The highest BCUT2D eigenvalue weighted by Gasteiger charge is 2.37. The van der Waals surface area contributed by atoms with E-state index >= 15 is 0 Å². The van der Waals surface area contributed by atoms with Crippen molar-refractivity contribution >= 4 is 40.7 Å². The highest BCUT2D eigenvalue weighted by Crippen LogP contribution is 2.23. The first-order chi connectivity index (χ1) is 14.0. The molecule has 1 aromatic heterocycles. The molecule has 2 amide bonds. The summed E-state index contributed by atoms with van der Waals surface area (Å²) in [6, 6.07) is 7.95. The Morgan fingerprint density at radius 2 is 2.17 bits per heavy atom. The van der Waals surface area contributed by atoms with Crippen molar-refractivity contribution in [2.45, 2.75) is 25.6 Å². The molecule has 0 unspecified atom stereocenters. The van der Waals surface area contributed by atoms with E-state index in [-0.39, 0.29) is 37.9 Å². The molecule has 1 aromatic carbocycles. The third-order valence-corrected chi connectivity index (χ3v) is 5.08. The van der Waals surface area contributed by atoms with E-state index in [1.165, 1.54) is 17.2 Å². The number of amides is 2. The van der Waals surface area contributed by atoms with Crippen LogP contribution in [0.25, 0.3) is 0 Å². The van der Waals surface area contributed by atoms with Gasteiger partial charge in [-0.1, -0.05) is 41.0 Å². The van der Waals surface area contributed by atoms with Gasteiger partial charge in [-0.3, -0.25) is 9.59 Å². The highest BCUT2D eigenvalue weighted by atomic mass is 35.5. The van der Waals surface area contributed by atoms with Crippen molar-refractivity contribution in [1.82, 2.24) is 10.2 Å². The molecule has 0 spiro atoms. The van der Waals surface area contributed by atoms with Crippen LogP contribution in [0, 0.1) is 0 Å². The van der Waals surface area contributed by atoms with Crippen LogP contribution in [0.3, 0.4) is 0 Å². The number of carbonyl (C=O) groups is 2. The van der Waals surface area contributed by atoms with Crippen molar-refractivity contribution in [3.63, 3.8) is 0 Å². The third kappa shape index (κ3) is 5.40. The van der Waals surface area contributed by atoms with Gasteiger partial charge in [0.1, 0.15) is 18.4 Å². The van der Waals surface area contributed by atoms with Crippen molar-refractivity contribution in [2.24, 2.45) is 5.16 Å². The summed E-state index contributed by atoms with van der Waals surface area (Å²) >= 11 is 11.9. The van der Waals surface area contributed by atoms with Gasteiger partial charge in [-0.05, 0) is 35.9 Å². The average molecular weight is 436 g/mol. The fourth-order valence-electron chi connectivity index (χ4n) is 2.89. The standard InChI is InChI=1S/C20H19Cl2N3O4/c1-2-19(26)25-11-14(24-29-12-13-5-6-16(21)17(22)8-13)9-18(25)20(27)23-10-15-4-3-7-28-15/h2-8,18H,1,9-12H2,(H,23,27)/t18-/m0/s1. The maximum atomic E-state index is 12.6. The average Bonchev–Trinajstić information content (AvgIpc) is 3.38. The summed E-state index contributed by atoms with van der Waals surface area (Å²) in [6.45, 7) is 4.10. The van der Waals surface area contributed by atoms with Crippen LogP contribution < -0.4 is 5.32 Å². The largest absolute Gasteiger partial charge is 0.467 e. The SMILES string of the molecule is C=CC(=O)N1CC(=NOCc2ccc(Cl)c(Cl)c2)C[C@H]1C(=O)NCc1ccco1. The first kappa shape index (κ1) is 21.0. The zero-order chi connectivity index (χ0) is 20.8. The third-order valence-electron chi connectivity index (χ3n) is 4.34. The van der Waals surface area contributed by atoms with E-state index in [1.54, 1.807) is 30.3 Å². The van der Waals surface area contributed by atoms with Crippen molar-refractivity contribution in [1.29, 1.82) is 0 Å². The van der Waals surface area contributed by atoms with Gasteiger partial charge in [0.15, 0.2) is 0 Å². The minimum Gasteiger partial charge on any atom is -0.467 e. The second-order valence-electron chi connectivity index (χ2n) is 6.37. The number of oxime groups is 1. The summed E-state index contributed by atoms with van der Waals surface area (Å²) in [5.74, 6) is -0.0269.